The number of ether oxygens (including phenoxy) is 1. The zero-order chi connectivity index (χ0) is 24.2. The van der Waals surface area contributed by atoms with Crippen molar-refractivity contribution in [2.45, 2.75) is 18.1 Å². The van der Waals surface area contributed by atoms with Gasteiger partial charge in [-0.05, 0) is 41.0 Å². The van der Waals surface area contributed by atoms with E-state index in [4.69, 9.17) is 4.74 Å². The molecule has 5 nitrogen and oxygen atoms in total. The molecule has 0 aliphatic carbocycles. The number of nitrogens with zero attached hydrogens (tertiary/aromatic N) is 1. The van der Waals surface area contributed by atoms with E-state index in [1.54, 1.807) is 6.07 Å². The molecule has 4 aromatic carbocycles. The van der Waals surface area contributed by atoms with Crippen molar-refractivity contribution in [2.75, 3.05) is 11.5 Å². The first kappa shape index (κ1) is 21.4. The van der Waals surface area contributed by atoms with Gasteiger partial charge in [0.05, 0.1) is 18.3 Å². The van der Waals surface area contributed by atoms with Crippen molar-refractivity contribution in [3.63, 3.8) is 0 Å². The van der Waals surface area contributed by atoms with E-state index in [-0.39, 0.29) is 16.9 Å². The predicted octanol–water partition coefficient (Wildman–Crippen LogP) is 4.84. The number of anilines is 1. The molecule has 0 aromatic heterocycles. The van der Waals surface area contributed by atoms with Crippen LogP contribution in [0.3, 0.4) is 0 Å². The van der Waals surface area contributed by atoms with Crippen LogP contribution < -0.4 is 9.64 Å². The molecule has 2 N–H and O–H groups in total. The molecule has 0 saturated carbocycles. The van der Waals surface area contributed by atoms with Crippen LogP contribution in [-0.4, -0.2) is 22.7 Å². The zero-order valence-electron chi connectivity index (χ0n) is 18.7. The Morgan fingerprint density at radius 3 is 2.20 bits per heavy atom. The SMILES string of the molecule is O=C1N(C(c2ccccc2)c2ccccc2)c2ccc(F)cc2C1(O)c1cc2c(cc1O)OCC2. The van der Waals surface area contributed by atoms with E-state index in [9.17, 15) is 19.4 Å². The maximum absolute atomic E-state index is 14.5. The van der Waals surface area contributed by atoms with Crippen molar-refractivity contribution in [1.29, 1.82) is 0 Å². The highest BCUT2D eigenvalue weighted by Gasteiger charge is 2.55. The summed E-state index contributed by atoms with van der Waals surface area (Å²) in [6.07, 6.45) is 0.587. The Morgan fingerprint density at radius 1 is 0.886 bits per heavy atom. The molecule has 1 atom stereocenters. The van der Waals surface area contributed by atoms with E-state index in [0.717, 1.165) is 16.7 Å². The van der Waals surface area contributed by atoms with Gasteiger partial charge in [0.1, 0.15) is 17.3 Å². The summed E-state index contributed by atoms with van der Waals surface area (Å²) in [7, 11) is 0. The van der Waals surface area contributed by atoms with Gasteiger partial charge >= 0.3 is 0 Å². The fraction of sp³-hybridized carbons (Fsp3) is 0.138. The molecule has 2 heterocycles. The molecule has 2 aliphatic rings. The van der Waals surface area contributed by atoms with Gasteiger partial charge in [-0.1, -0.05) is 60.7 Å². The van der Waals surface area contributed by atoms with Gasteiger partial charge in [-0.2, -0.15) is 0 Å². The summed E-state index contributed by atoms with van der Waals surface area (Å²) in [6.45, 7) is 0.450. The first-order chi connectivity index (χ1) is 17.0. The first-order valence-electron chi connectivity index (χ1n) is 11.4. The van der Waals surface area contributed by atoms with Crippen LogP contribution in [0.4, 0.5) is 10.1 Å². The van der Waals surface area contributed by atoms with Crippen LogP contribution in [0.2, 0.25) is 0 Å². The summed E-state index contributed by atoms with van der Waals surface area (Å²) in [4.78, 5) is 15.8. The number of carbonyl (C=O) groups is 1. The average molecular weight is 467 g/mol. The number of hydrogen-bond donors (Lipinski definition) is 2. The average Bonchev–Trinajstić information content (AvgIpc) is 3.42. The number of phenolic OH excluding ortho intramolecular Hbond substituents is 1. The molecule has 0 saturated heterocycles. The van der Waals surface area contributed by atoms with Crippen molar-refractivity contribution in [2.24, 2.45) is 0 Å². The molecule has 1 unspecified atom stereocenters. The van der Waals surface area contributed by atoms with E-state index in [2.05, 4.69) is 0 Å². The fourth-order valence-corrected chi connectivity index (χ4v) is 5.19. The Balaban J connectivity index is 1.60. The minimum atomic E-state index is -2.28. The number of aliphatic hydroxyl groups is 1. The summed E-state index contributed by atoms with van der Waals surface area (Å²) < 4.78 is 20.0. The molecular formula is C29H22FNO4. The first-order valence-corrected chi connectivity index (χ1v) is 11.4. The van der Waals surface area contributed by atoms with Crippen LogP contribution in [0.5, 0.6) is 11.5 Å². The lowest BCUT2D eigenvalue weighted by molar-refractivity contribution is -0.132. The molecule has 4 aromatic rings. The highest BCUT2D eigenvalue weighted by molar-refractivity contribution is 6.10. The van der Waals surface area contributed by atoms with E-state index in [0.29, 0.717) is 24.5 Å². The van der Waals surface area contributed by atoms with Gasteiger partial charge in [-0.3, -0.25) is 9.69 Å². The zero-order valence-corrected chi connectivity index (χ0v) is 18.7. The lowest BCUT2D eigenvalue weighted by Crippen LogP contribution is -2.43. The molecule has 1 amide bonds. The Labute approximate surface area is 201 Å². The van der Waals surface area contributed by atoms with Crippen LogP contribution in [-0.2, 0) is 16.8 Å². The van der Waals surface area contributed by atoms with E-state index >= 15 is 0 Å². The molecule has 2 aliphatic heterocycles. The van der Waals surface area contributed by atoms with Gasteiger partial charge in [0, 0.05) is 23.6 Å². The van der Waals surface area contributed by atoms with Crippen molar-refractivity contribution >= 4 is 11.6 Å². The van der Waals surface area contributed by atoms with Crippen molar-refractivity contribution in [3.05, 3.63) is 125 Å². The van der Waals surface area contributed by atoms with Crippen LogP contribution >= 0.6 is 0 Å². The predicted molar refractivity (Wildman–Crippen MR) is 129 cm³/mol. The number of phenols is 1. The topological polar surface area (TPSA) is 70.0 Å². The minimum Gasteiger partial charge on any atom is -0.507 e. The lowest BCUT2D eigenvalue weighted by atomic mass is 9.85. The number of fused-ring (bicyclic) bond motifs is 2. The van der Waals surface area contributed by atoms with Gasteiger partial charge in [0.25, 0.3) is 5.91 Å². The number of amides is 1. The minimum absolute atomic E-state index is 0.0148. The van der Waals surface area contributed by atoms with Gasteiger partial charge in [0.2, 0.25) is 5.60 Å². The van der Waals surface area contributed by atoms with Crippen molar-refractivity contribution in [3.8, 4) is 11.5 Å². The summed E-state index contributed by atoms with van der Waals surface area (Å²) in [5, 5.41) is 22.9. The Bertz CT molecular complexity index is 1400. The standard InChI is InChI=1S/C29H22FNO4/c30-21-11-12-24-22(16-21)29(34,23-15-20-13-14-35-26(20)17-25(23)32)28(33)31(24)27(18-7-3-1-4-8-18)19-9-5-2-6-10-19/h1-12,15-17,27,32,34H,13-14H2. The molecule has 0 fully saturated rings. The molecule has 174 valence electrons. The molecule has 6 heteroatoms. The lowest BCUT2D eigenvalue weighted by Gasteiger charge is -2.31. The van der Waals surface area contributed by atoms with Crippen LogP contribution in [0.1, 0.15) is 33.9 Å². The number of halogens is 1. The Hall–Kier alpha value is -4.16. The maximum atomic E-state index is 14.5. The Morgan fingerprint density at radius 2 is 1.54 bits per heavy atom. The monoisotopic (exact) mass is 467 g/mol. The normalized spacial score (nSPS) is 18.5. The quantitative estimate of drug-likeness (QED) is 0.451. The molecule has 0 spiro atoms. The number of benzene rings is 4. The molecule has 0 bridgehead atoms. The molecule has 0 radical (unpaired) electrons. The van der Waals surface area contributed by atoms with Gasteiger partial charge < -0.3 is 14.9 Å². The van der Waals surface area contributed by atoms with E-state index < -0.39 is 23.4 Å². The third-order valence-corrected chi connectivity index (χ3v) is 6.82. The molecule has 6 rings (SSSR count). The maximum Gasteiger partial charge on any atom is 0.269 e. The van der Waals surface area contributed by atoms with Crippen molar-refractivity contribution < 1.29 is 24.1 Å². The highest BCUT2D eigenvalue weighted by Crippen LogP contribution is 2.52. The summed E-state index contributed by atoms with van der Waals surface area (Å²) in [5.74, 6) is -1.01. The van der Waals surface area contributed by atoms with Gasteiger partial charge in [-0.15, -0.1) is 0 Å². The number of hydrogen-bond acceptors (Lipinski definition) is 4. The summed E-state index contributed by atoms with van der Waals surface area (Å²) in [5.41, 5.74) is 0.651. The van der Waals surface area contributed by atoms with Crippen LogP contribution in [0, 0.1) is 5.82 Å². The number of carbonyl (C=O) groups excluding carboxylic acids is 1. The largest absolute Gasteiger partial charge is 0.507 e. The Kier molecular flexibility index (Phi) is 4.86. The smallest absolute Gasteiger partial charge is 0.269 e. The fourth-order valence-electron chi connectivity index (χ4n) is 5.19. The number of rotatable bonds is 4. The number of aromatic hydroxyl groups is 1. The summed E-state index contributed by atoms with van der Waals surface area (Å²) >= 11 is 0. The third-order valence-electron chi connectivity index (χ3n) is 6.82. The second-order valence-electron chi connectivity index (χ2n) is 8.85. The van der Waals surface area contributed by atoms with Crippen LogP contribution in [0.15, 0.2) is 91.0 Å². The van der Waals surface area contributed by atoms with Crippen molar-refractivity contribution in [1.82, 2.24) is 0 Å². The van der Waals surface area contributed by atoms with Crippen LogP contribution in [0.25, 0.3) is 0 Å². The van der Waals surface area contributed by atoms with E-state index in [1.807, 2.05) is 60.7 Å². The summed E-state index contributed by atoms with van der Waals surface area (Å²) in [6, 6.07) is 25.3. The van der Waals surface area contributed by atoms with E-state index in [1.165, 1.54) is 29.2 Å². The molecular weight excluding hydrogens is 445 g/mol. The second-order valence-corrected chi connectivity index (χ2v) is 8.85. The highest BCUT2D eigenvalue weighted by atomic mass is 19.1. The van der Waals surface area contributed by atoms with Gasteiger partial charge in [-0.25, -0.2) is 4.39 Å². The molecule has 35 heavy (non-hydrogen) atoms. The third kappa shape index (κ3) is 3.21. The second kappa shape index (κ2) is 7.96. The van der Waals surface area contributed by atoms with Gasteiger partial charge in [0.15, 0.2) is 0 Å².